The van der Waals surface area contributed by atoms with Crippen molar-refractivity contribution in [2.24, 2.45) is 11.3 Å². The topological polar surface area (TPSA) is 35.6 Å². The van der Waals surface area contributed by atoms with Crippen LogP contribution in [0.15, 0.2) is 42.0 Å². The van der Waals surface area contributed by atoms with Gasteiger partial charge in [0.05, 0.1) is 5.41 Å². The monoisotopic (exact) mass is 425 g/mol. The number of nitrogens with zero attached hydrogens (tertiary/aromatic N) is 2. The molecule has 0 aromatic heterocycles. The van der Waals surface area contributed by atoms with Gasteiger partial charge in [-0.2, -0.15) is 0 Å². The molecule has 2 atom stereocenters. The van der Waals surface area contributed by atoms with E-state index in [4.69, 9.17) is 0 Å². The maximum Gasteiger partial charge on any atom is 0.229 e. The Morgan fingerprint density at radius 2 is 1.77 bits per heavy atom. The van der Waals surface area contributed by atoms with Gasteiger partial charge in [-0.3, -0.25) is 9.69 Å². The van der Waals surface area contributed by atoms with Gasteiger partial charge in [0.2, 0.25) is 5.91 Å². The number of unbranched alkanes of at least 4 members (excludes halogenated alkanes) is 1. The first-order valence-corrected chi connectivity index (χ1v) is 12.5. The van der Waals surface area contributed by atoms with E-state index in [9.17, 15) is 4.79 Å². The summed E-state index contributed by atoms with van der Waals surface area (Å²) in [6.45, 7) is 14.2. The number of carbonyl (C=O) groups is 1. The summed E-state index contributed by atoms with van der Waals surface area (Å²) in [6.07, 6.45) is 8.89. The Bertz CT molecular complexity index is 708. The van der Waals surface area contributed by atoms with E-state index in [2.05, 4.69) is 72.3 Å². The number of hydrogen-bond donors (Lipinski definition) is 1. The highest BCUT2D eigenvalue weighted by atomic mass is 16.2. The van der Waals surface area contributed by atoms with E-state index in [0.717, 1.165) is 71.5 Å². The van der Waals surface area contributed by atoms with Crippen LogP contribution in [0.2, 0.25) is 0 Å². The summed E-state index contributed by atoms with van der Waals surface area (Å²) >= 11 is 0. The molecule has 1 aromatic carbocycles. The van der Waals surface area contributed by atoms with Crippen LogP contribution in [0.25, 0.3) is 0 Å². The average Bonchev–Trinajstić information content (AvgIpc) is 2.80. The van der Waals surface area contributed by atoms with Gasteiger partial charge in [-0.15, -0.1) is 0 Å². The first-order chi connectivity index (χ1) is 15.0. The lowest BCUT2D eigenvalue weighted by atomic mass is 9.71. The van der Waals surface area contributed by atoms with Crippen molar-refractivity contribution >= 4 is 5.91 Å². The fourth-order valence-corrected chi connectivity index (χ4v) is 5.18. The maximum absolute atomic E-state index is 12.9. The molecule has 0 spiro atoms. The lowest BCUT2D eigenvalue weighted by Crippen LogP contribution is -2.46. The van der Waals surface area contributed by atoms with Gasteiger partial charge in [0, 0.05) is 39.3 Å². The van der Waals surface area contributed by atoms with Gasteiger partial charge in [0.25, 0.3) is 0 Å². The Morgan fingerprint density at radius 1 is 1.06 bits per heavy atom. The zero-order valence-corrected chi connectivity index (χ0v) is 20.0. The van der Waals surface area contributed by atoms with E-state index in [1.807, 2.05) is 0 Å². The number of piperazine rings is 1. The van der Waals surface area contributed by atoms with Crippen molar-refractivity contribution < 1.29 is 4.79 Å². The quantitative estimate of drug-likeness (QED) is 0.429. The molecule has 4 heteroatoms. The standard InChI is InChI=1S/C27H43N3O/c1-4-23-19-24(5-2)21-27(3,20-23)26(31)28-13-9-10-14-29-15-17-30(18-16-29)22-25-11-7-6-8-12-25/h6-8,11-12,20,24H,4-5,9-10,13-19,21-22H2,1-3H3,(H,28,31). The second kappa shape index (κ2) is 11.8. The van der Waals surface area contributed by atoms with Crippen molar-refractivity contribution in [2.45, 2.75) is 65.8 Å². The highest BCUT2D eigenvalue weighted by molar-refractivity contribution is 5.84. The predicted molar refractivity (Wildman–Crippen MR) is 130 cm³/mol. The van der Waals surface area contributed by atoms with Crippen LogP contribution in [0.3, 0.4) is 0 Å². The fourth-order valence-electron chi connectivity index (χ4n) is 5.18. The summed E-state index contributed by atoms with van der Waals surface area (Å²) in [4.78, 5) is 18.1. The largest absolute Gasteiger partial charge is 0.355 e. The summed E-state index contributed by atoms with van der Waals surface area (Å²) in [6, 6.07) is 10.8. The first-order valence-electron chi connectivity index (χ1n) is 12.5. The molecule has 31 heavy (non-hydrogen) atoms. The molecule has 4 nitrogen and oxygen atoms in total. The highest BCUT2D eigenvalue weighted by Gasteiger charge is 2.36. The van der Waals surface area contributed by atoms with Gasteiger partial charge in [-0.1, -0.05) is 62.2 Å². The van der Waals surface area contributed by atoms with Crippen LogP contribution < -0.4 is 5.32 Å². The van der Waals surface area contributed by atoms with Crippen molar-refractivity contribution in [3.05, 3.63) is 47.5 Å². The fraction of sp³-hybridized carbons (Fsp3) is 0.667. The Hall–Kier alpha value is -1.65. The van der Waals surface area contributed by atoms with Crippen molar-refractivity contribution in [1.82, 2.24) is 15.1 Å². The molecule has 0 bridgehead atoms. The van der Waals surface area contributed by atoms with E-state index in [1.165, 1.54) is 24.0 Å². The Kier molecular flexibility index (Phi) is 9.15. The molecule has 0 radical (unpaired) electrons. The number of allylic oxidation sites excluding steroid dienone is 1. The predicted octanol–water partition coefficient (Wildman–Crippen LogP) is 4.86. The third kappa shape index (κ3) is 7.18. The van der Waals surface area contributed by atoms with Gasteiger partial charge in [0.15, 0.2) is 0 Å². The lowest BCUT2D eigenvalue weighted by Gasteiger charge is -2.35. The summed E-state index contributed by atoms with van der Waals surface area (Å²) in [5.41, 5.74) is 2.55. The zero-order valence-electron chi connectivity index (χ0n) is 20.0. The molecule has 172 valence electrons. The average molecular weight is 426 g/mol. The molecule has 0 saturated carbocycles. The van der Waals surface area contributed by atoms with Crippen LogP contribution in [0.5, 0.6) is 0 Å². The molecular weight excluding hydrogens is 382 g/mol. The van der Waals surface area contributed by atoms with Gasteiger partial charge in [0.1, 0.15) is 0 Å². The molecule has 1 aromatic rings. The minimum absolute atomic E-state index is 0.228. The molecule has 1 heterocycles. The number of carbonyl (C=O) groups excluding carboxylic acids is 1. The highest BCUT2D eigenvalue weighted by Crippen LogP contribution is 2.40. The summed E-state index contributed by atoms with van der Waals surface area (Å²) in [5.74, 6) is 0.877. The maximum atomic E-state index is 12.9. The van der Waals surface area contributed by atoms with Crippen LogP contribution in [0, 0.1) is 11.3 Å². The van der Waals surface area contributed by atoms with Crippen molar-refractivity contribution in [2.75, 3.05) is 39.3 Å². The van der Waals surface area contributed by atoms with Crippen molar-refractivity contribution in [3.8, 4) is 0 Å². The normalized spacial score (nSPS) is 25.3. The van der Waals surface area contributed by atoms with Gasteiger partial charge in [-0.25, -0.2) is 0 Å². The molecule has 1 fully saturated rings. The van der Waals surface area contributed by atoms with E-state index in [1.54, 1.807) is 0 Å². The minimum atomic E-state index is -0.320. The molecule has 1 aliphatic carbocycles. The van der Waals surface area contributed by atoms with Gasteiger partial charge in [-0.05, 0) is 57.1 Å². The minimum Gasteiger partial charge on any atom is -0.355 e. The van der Waals surface area contributed by atoms with Gasteiger partial charge >= 0.3 is 0 Å². The van der Waals surface area contributed by atoms with Crippen molar-refractivity contribution in [3.63, 3.8) is 0 Å². The van der Waals surface area contributed by atoms with E-state index < -0.39 is 0 Å². The summed E-state index contributed by atoms with van der Waals surface area (Å²) < 4.78 is 0. The molecule has 2 aliphatic rings. The van der Waals surface area contributed by atoms with Crippen LogP contribution in [-0.2, 0) is 11.3 Å². The lowest BCUT2D eigenvalue weighted by molar-refractivity contribution is -0.129. The second-order valence-electron chi connectivity index (χ2n) is 9.82. The molecular formula is C27H43N3O. The number of hydrogen-bond acceptors (Lipinski definition) is 3. The molecule has 1 aliphatic heterocycles. The van der Waals surface area contributed by atoms with Crippen molar-refractivity contribution in [1.29, 1.82) is 0 Å². The molecule has 1 N–H and O–H groups in total. The number of amides is 1. The zero-order chi connectivity index (χ0) is 22.1. The Balaban J connectivity index is 1.31. The number of benzene rings is 1. The molecule has 1 saturated heterocycles. The van der Waals surface area contributed by atoms with E-state index >= 15 is 0 Å². The molecule has 2 unspecified atom stereocenters. The number of nitrogens with one attached hydrogen (secondary N) is 1. The van der Waals surface area contributed by atoms with E-state index in [-0.39, 0.29) is 11.3 Å². The van der Waals surface area contributed by atoms with E-state index in [0.29, 0.717) is 5.92 Å². The van der Waals surface area contributed by atoms with Crippen LogP contribution in [0.1, 0.15) is 64.9 Å². The molecule has 3 rings (SSSR count). The van der Waals surface area contributed by atoms with Crippen LogP contribution in [0.4, 0.5) is 0 Å². The SMILES string of the molecule is CCC1=CC(C)(C(=O)NCCCCN2CCN(Cc3ccccc3)CC2)CC(CC)C1. The third-order valence-electron chi connectivity index (χ3n) is 7.24. The Morgan fingerprint density at radius 3 is 2.45 bits per heavy atom. The smallest absolute Gasteiger partial charge is 0.229 e. The van der Waals surface area contributed by atoms with Gasteiger partial charge < -0.3 is 10.2 Å². The first kappa shape index (κ1) is 24.0. The van der Waals surface area contributed by atoms with Crippen LogP contribution in [-0.4, -0.2) is 55.0 Å². The molecule has 1 amide bonds. The third-order valence-corrected chi connectivity index (χ3v) is 7.24. The summed E-state index contributed by atoms with van der Waals surface area (Å²) in [7, 11) is 0. The summed E-state index contributed by atoms with van der Waals surface area (Å²) in [5, 5.41) is 3.24. The number of rotatable bonds is 10. The second-order valence-corrected chi connectivity index (χ2v) is 9.82. The Labute approximate surface area is 190 Å². The van der Waals surface area contributed by atoms with Crippen LogP contribution >= 0.6 is 0 Å².